The first-order valence-corrected chi connectivity index (χ1v) is 9.09. The summed E-state index contributed by atoms with van der Waals surface area (Å²) in [7, 11) is -2.32. The van der Waals surface area contributed by atoms with Gasteiger partial charge in [-0.2, -0.15) is 0 Å². The van der Waals surface area contributed by atoms with E-state index in [2.05, 4.69) is 0 Å². The van der Waals surface area contributed by atoms with Gasteiger partial charge in [-0.3, -0.25) is 9.59 Å². The summed E-state index contributed by atoms with van der Waals surface area (Å²) in [6.07, 6.45) is -0.131. The predicted molar refractivity (Wildman–Crippen MR) is 87.1 cm³/mol. The van der Waals surface area contributed by atoms with Gasteiger partial charge in [-0.15, -0.1) is 0 Å². The van der Waals surface area contributed by atoms with Crippen LogP contribution in [-0.2, 0) is 29.8 Å². The molecule has 134 valence electrons. The van der Waals surface area contributed by atoms with Crippen molar-refractivity contribution in [3.63, 3.8) is 0 Å². The summed E-state index contributed by atoms with van der Waals surface area (Å²) in [6.45, 7) is 2.01. The number of carbonyl (C=O) groups excluding carboxylic acids is 1. The molecule has 0 radical (unpaired) electrons. The van der Waals surface area contributed by atoms with E-state index in [0.717, 1.165) is 0 Å². The van der Waals surface area contributed by atoms with Gasteiger partial charge in [0.05, 0.1) is 19.2 Å². The lowest BCUT2D eigenvalue weighted by Gasteiger charge is -2.18. The van der Waals surface area contributed by atoms with Crippen LogP contribution in [0.4, 0.5) is 0 Å². The summed E-state index contributed by atoms with van der Waals surface area (Å²) in [6, 6.07) is 5.33. The SMILES string of the molecule is CCOC(=O)Cc1cccc(OP(=O)(CCC(N)C(=O)O)OC)c1. The van der Waals surface area contributed by atoms with Crippen LogP contribution in [0.1, 0.15) is 18.9 Å². The van der Waals surface area contributed by atoms with Crippen LogP contribution in [0.15, 0.2) is 24.3 Å². The summed E-state index contributed by atoms with van der Waals surface area (Å²) in [5.41, 5.74) is 6.03. The molecule has 0 aliphatic heterocycles. The van der Waals surface area contributed by atoms with Crippen LogP contribution in [0.3, 0.4) is 0 Å². The molecule has 0 fully saturated rings. The minimum Gasteiger partial charge on any atom is -0.480 e. The van der Waals surface area contributed by atoms with Gasteiger partial charge in [-0.25, -0.2) is 4.57 Å². The molecule has 1 aromatic rings. The van der Waals surface area contributed by atoms with Crippen molar-refractivity contribution in [1.82, 2.24) is 0 Å². The fraction of sp³-hybridized carbons (Fsp3) is 0.467. The van der Waals surface area contributed by atoms with Crippen LogP contribution < -0.4 is 10.3 Å². The summed E-state index contributed by atoms with van der Waals surface area (Å²) < 4.78 is 27.7. The van der Waals surface area contributed by atoms with Gasteiger partial charge in [0, 0.05) is 7.11 Å². The monoisotopic (exact) mass is 359 g/mol. The molecule has 0 heterocycles. The number of ether oxygens (including phenoxy) is 1. The Morgan fingerprint density at radius 3 is 2.67 bits per heavy atom. The highest BCUT2D eigenvalue weighted by atomic mass is 31.2. The van der Waals surface area contributed by atoms with Gasteiger partial charge in [0.15, 0.2) is 0 Å². The van der Waals surface area contributed by atoms with Crippen LogP contribution in [0.5, 0.6) is 5.75 Å². The van der Waals surface area contributed by atoms with Crippen molar-refractivity contribution in [2.75, 3.05) is 19.9 Å². The number of carbonyl (C=O) groups is 2. The van der Waals surface area contributed by atoms with Crippen LogP contribution >= 0.6 is 7.60 Å². The zero-order chi connectivity index (χ0) is 18.2. The van der Waals surface area contributed by atoms with Crippen LogP contribution in [-0.4, -0.2) is 43.0 Å². The average molecular weight is 359 g/mol. The van der Waals surface area contributed by atoms with Crippen molar-refractivity contribution >= 4 is 19.5 Å². The normalized spacial score (nSPS) is 14.5. The maximum atomic E-state index is 12.5. The second-order valence-electron chi connectivity index (χ2n) is 4.97. The quantitative estimate of drug-likeness (QED) is 0.479. The molecule has 0 spiro atoms. The number of esters is 1. The number of rotatable bonds is 10. The Morgan fingerprint density at radius 1 is 1.38 bits per heavy atom. The standard InChI is InChI=1S/C15H22NO7P/c1-3-22-14(17)10-11-5-4-6-12(9-11)23-24(20,21-2)8-7-13(16)15(18)19/h4-6,9,13H,3,7-8,10,16H2,1-2H3,(H,18,19). The number of carboxylic acid groups (broad SMARTS) is 1. The van der Waals surface area contributed by atoms with Crippen molar-refractivity contribution < 1.29 is 33.0 Å². The first-order chi connectivity index (χ1) is 11.3. The third-order valence-corrected chi connectivity index (χ3v) is 4.96. The van der Waals surface area contributed by atoms with Gasteiger partial charge in [-0.05, 0) is 31.0 Å². The molecule has 2 unspecified atom stereocenters. The van der Waals surface area contributed by atoms with Crippen LogP contribution in [0, 0.1) is 0 Å². The number of aliphatic carboxylic acids is 1. The first-order valence-electron chi connectivity index (χ1n) is 7.37. The third-order valence-electron chi connectivity index (χ3n) is 3.11. The maximum absolute atomic E-state index is 12.5. The lowest BCUT2D eigenvalue weighted by atomic mass is 10.1. The Morgan fingerprint density at radius 2 is 2.08 bits per heavy atom. The topological polar surface area (TPSA) is 125 Å². The molecule has 24 heavy (non-hydrogen) atoms. The highest BCUT2D eigenvalue weighted by Crippen LogP contribution is 2.48. The fourth-order valence-electron chi connectivity index (χ4n) is 1.85. The van der Waals surface area contributed by atoms with Gasteiger partial charge in [0.1, 0.15) is 11.8 Å². The van der Waals surface area contributed by atoms with Crippen molar-refractivity contribution in [3.8, 4) is 5.75 Å². The average Bonchev–Trinajstić information content (AvgIpc) is 2.53. The number of carboxylic acids is 1. The van der Waals surface area contributed by atoms with E-state index in [1.54, 1.807) is 31.2 Å². The molecule has 0 aromatic heterocycles. The largest absolute Gasteiger partial charge is 0.480 e. The molecule has 3 N–H and O–H groups in total. The zero-order valence-electron chi connectivity index (χ0n) is 13.6. The molecule has 2 atom stereocenters. The summed E-state index contributed by atoms with van der Waals surface area (Å²) in [4.78, 5) is 22.2. The number of nitrogens with two attached hydrogens (primary N) is 1. The Bertz CT molecular complexity index is 620. The van der Waals surface area contributed by atoms with Crippen molar-refractivity contribution in [2.45, 2.75) is 25.8 Å². The van der Waals surface area contributed by atoms with Gasteiger partial charge in [0.25, 0.3) is 0 Å². The smallest absolute Gasteiger partial charge is 0.378 e. The zero-order valence-corrected chi connectivity index (χ0v) is 14.5. The molecule has 0 saturated carbocycles. The second-order valence-corrected chi connectivity index (χ2v) is 7.19. The molecule has 1 aromatic carbocycles. The lowest BCUT2D eigenvalue weighted by Crippen LogP contribution is -2.31. The van der Waals surface area contributed by atoms with Crippen molar-refractivity contribution in [1.29, 1.82) is 0 Å². The van der Waals surface area contributed by atoms with Crippen LogP contribution in [0.2, 0.25) is 0 Å². The summed E-state index contributed by atoms with van der Waals surface area (Å²) in [5.74, 6) is -1.31. The van der Waals surface area contributed by atoms with E-state index in [9.17, 15) is 14.2 Å². The molecular weight excluding hydrogens is 337 g/mol. The molecule has 0 aliphatic rings. The van der Waals surface area contributed by atoms with E-state index in [-0.39, 0.29) is 37.3 Å². The first kappa shape index (κ1) is 20.2. The van der Waals surface area contributed by atoms with Gasteiger partial charge in [-0.1, -0.05) is 12.1 Å². The molecule has 8 nitrogen and oxygen atoms in total. The van der Waals surface area contributed by atoms with E-state index >= 15 is 0 Å². The van der Waals surface area contributed by atoms with E-state index in [1.807, 2.05) is 0 Å². The molecule has 9 heteroatoms. The minimum atomic E-state index is -3.54. The Hall–Kier alpha value is -1.89. The maximum Gasteiger partial charge on any atom is 0.378 e. The Kier molecular flexibility index (Phi) is 7.91. The number of benzene rings is 1. The molecule has 0 saturated heterocycles. The van der Waals surface area contributed by atoms with Gasteiger partial charge >= 0.3 is 19.5 Å². The molecule has 1 rings (SSSR count). The van der Waals surface area contributed by atoms with Gasteiger partial charge in [0.2, 0.25) is 0 Å². The van der Waals surface area contributed by atoms with E-state index < -0.39 is 19.6 Å². The highest BCUT2D eigenvalue weighted by Gasteiger charge is 2.27. The van der Waals surface area contributed by atoms with Crippen LogP contribution in [0.25, 0.3) is 0 Å². The fourth-order valence-corrected chi connectivity index (χ4v) is 3.22. The van der Waals surface area contributed by atoms with Gasteiger partial charge < -0.3 is 24.6 Å². The van der Waals surface area contributed by atoms with E-state index in [0.29, 0.717) is 5.56 Å². The second kappa shape index (κ2) is 9.42. The Balaban J connectivity index is 2.76. The van der Waals surface area contributed by atoms with Crippen molar-refractivity contribution in [2.24, 2.45) is 5.73 Å². The van der Waals surface area contributed by atoms with E-state index in [4.69, 9.17) is 24.6 Å². The summed E-state index contributed by atoms with van der Waals surface area (Å²) >= 11 is 0. The third kappa shape index (κ3) is 6.70. The highest BCUT2D eigenvalue weighted by molar-refractivity contribution is 7.54. The summed E-state index contributed by atoms with van der Waals surface area (Å²) in [5, 5.41) is 8.77. The van der Waals surface area contributed by atoms with Crippen molar-refractivity contribution in [3.05, 3.63) is 29.8 Å². The molecule has 0 bridgehead atoms. The number of hydrogen-bond donors (Lipinski definition) is 2. The molecular formula is C15H22NO7P. The van der Waals surface area contributed by atoms with E-state index in [1.165, 1.54) is 7.11 Å². The number of hydrogen-bond acceptors (Lipinski definition) is 7. The molecule has 0 amide bonds. The minimum absolute atomic E-state index is 0.0526. The molecule has 0 aliphatic carbocycles. The predicted octanol–water partition coefficient (Wildman–Crippen LogP) is 1.81. The Labute approximate surface area is 140 Å². The lowest BCUT2D eigenvalue weighted by molar-refractivity contribution is -0.142.